The van der Waals surface area contributed by atoms with Crippen molar-refractivity contribution in [2.45, 2.75) is 45.3 Å². The van der Waals surface area contributed by atoms with Gasteiger partial charge in [0.1, 0.15) is 17.3 Å². The highest BCUT2D eigenvalue weighted by molar-refractivity contribution is 6.30. The fourth-order valence-electron chi connectivity index (χ4n) is 5.23. The first kappa shape index (κ1) is 33.5. The Bertz CT molecular complexity index is 1890. The van der Waals surface area contributed by atoms with Crippen LogP contribution in [0.15, 0.2) is 115 Å². The van der Waals surface area contributed by atoms with Crippen molar-refractivity contribution in [2.24, 2.45) is 5.73 Å². The lowest BCUT2D eigenvalue weighted by Gasteiger charge is -2.21. The van der Waals surface area contributed by atoms with Crippen LogP contribution in [0.2, 0.25) is 5.02 Å². The van der Waals surface area contributed by atoms with E-state index in [0.29, 0.717) is 39.6 Å². The Morgan fingerprint density at radius 1 is 0.851 bits per heavy atom. The molecule has 0 spiro atoms. The van der Waals surface area contributed by atoms with Crippen molar-refractivity contribution < 1.29 is 18.7 Å². The van der Waals surface area contributed by atoms with Crippen molar-refractivity contribution in [3.8, 4) is 33.8 Å². The number of imide groups is 1. The zero-order valence-electron chi connectivity index (χ0n) is 26.5. The van der Waals surface area contributed by atoms with Crippen molar-refractivity contribution in [1.82, 2.24) is 10.6 Å². The zero-order valence-corrected chi connectivity index (χ0v) is 27.3. The molecule has 6 nitrogen and oxygen atoms in total. The lowest BCUT2D eigenvalue weighted by Crippen LogP contribution is -2.45. The maximum Gasteiger partial charge on any atom is 0.258 e. The number of hydrogen-bond donors (Lipinski definition) is 3. The van der Waals surface area contributed by atoms with Crippen LogP contribution in [-0.4, -0.2) is 17.9 Å². The number of nitrogens with two attached hydrogens (primary N) is 1. The Morgan fingerprint density at radius 3 is 2.32 bits per heavy atom. The summed E-state index contributed by atoms with van der Waals surface area (Å²) in [7, 11) is 0. The number of halogens is 2. The van der Waals surface area contributed by atoms with Gasteiger partial charge in [-0.3, -0.25) is 14.9 Å². The molecule has 0 fully saturated rings. The fourth-order valence-corrected chi connectivity index (χ4v) is 5.39. The van der Waals surface area contributed by atoms with Crippen molar-refractivity contribution >= 4 is 23.4 Å². The van der Waals surface area contributed by atoms with E-state index in [-0.39, 0.29) is 17.9 Å². The summed E-state index contributed by atoms with van der Waals surface area (Å²) >= 11 is 6.45. The highest BCUT2D eigenvalue weighted by Crippen LogP contribution is 2.39. The fraction of sp³-hybridized carbons (Fsp3) is 0.179. The first-order valence-corrected chi connectivity index (χ1v) is 15.8. The molecule has 47 heavy (non-hydrogen) atoms. The second kappa shape index (κ2) is 14.7. The maximum atomic E-state index is 14.2. The summed E-state index contributed by atoms with van der Waals surface area (Å²) in [5, 5.41) is 6.08. The Morgan fingerprint density at radius 2 is 1.60 bits per heavy atom. The molecule has 1 atom stereocenters. The molecule has 240 valence electrons. The molecule has 0 aromatic heterocycles. The molecule has 1 unspecified atom stereocenters. The summed E-state index contributed by atoms with van der Waals surface area (Å²) in [5.41, 5.74) is 10.3. The van der Waals surface area contributed by atoms with Gasteiger partial charge >= 0.3 is 0 Å². The van der Waals surface area contributed by atoms with Crippen LogP contribution >= 0.6 is 11.6 Å². The van der Waals surface area contributed by atoms with Crippen LogP contribution < -0.4 is 21.1 Å². The van der Waals surface area contributed by atoms with E-state index in [1.807, 2.05) is 87.5 Å². The van der Waals surface area contributed by atoms with Crippen LogP contribution in [0, 0.1) is 5.82 Å². The molecule has 0 saturated carbocycles. The monoisotopic (exact) mass is 649 g/mol. The molecule has 0 radical (unpaired) electrons. The molecule has 5 rings (SSSR count). The predicted molar refractivity (Wildman–Crippen MR) is 186 cm³/mol. The lowest BCUT2D eigenvalue weighted by atomic mass is 9.93. The van der Waals surface area contributed by atoms with Gasteiger partial charge in [-0.15, -0.1) is 0 Å². The van der Waals surface area contributed by atoms with Gasteiger partial charge in [0, 0.05) is 39.9 Å². The summed E-state index contributed by atoms with van der Waals surface area (Å²) in [6.07, 6.45) is 0.390. The first-order valence-electron chi connectivity index (χ1n) is 15.4. The molecule has 0 heterocycles. The minimum absolute atomic E-state index is 0.137. The quantitative estimate of drug-likeness (QED) is 0.133. The van der Waals surface area contributed by atoms with Crippen LogP contribution in [0.25, 0.3) is 22.3 Å². The number of nitrogens with one attached hydrogen (secondary N) is 2. The lowest BCUT2D eigenvalue weighted by molar-refractivity contribution is -0.122. The number of ether oxygens (including phenoxy) is 1. The number of hydrogen-bond acceptors (Lipinski definition) is 5. The van der Waals surface area contributed by atoms with E-state index in [1.54, 1.807) is 42.5 Å². The third-order valence-corrected chi connectivity index (χ3v) is 8.10. The van der Waals surface area contributed by atoms with Gasteiger partial charge < -0.3 is 15.8 Å². The number of rotatable bonds is 11. The Labute approximate surface area is 279 Å². The highest BCUT2D eigenvalue weighted by atomic mass is 35.5. The van der Waals surface area contributed by atoms with Crippen LogP contribution in [0.4, 0.5) is 4.39 Å². The van der Waals surface area contributed by atoms with Gasteiger partial charge in [-0.1, -0.05) is 85.3 Å². The minimum atomic E-state index is -0.723. The molecule has 0 saturated heterocycles. The normalized spacial score (nSPS) is 12.0. The molecule has 0 aliphatic rings. The van der Waals surface area contributed by atoms with Crippen molar-refractivity contribution in [1.29, 1.82) is 0 Å². The van der Waals surface area contributed by atoms with E-state index in [0.717, 1.165) is 16.7 Å². The van der Waals surface area contributed by atoms with Crippen LogP contribution in [0.1, 0.15) is 48.7 Å². The molecule has 8 heteroatoms. The molecular weight excluding hydrogens is 613 g/mol. The molecule has 5 aromatic rings. The second-order valence-corrected chi connectivity index (χ2v) is 12.3. The molecule has 0 bridgehead atoms. The van der Waals surface area contributed by atoms with Crippen LogP contribution in [-0.2, 0) is 16.9 Å². The maximum absolute atomic E-state index is 14.2. The number of benzene rings is 5. The molecule has 0 aliphatic carbocycles. The molecule has 2 amide bonds. The minimum Gasteiger partial charge on any atom is -0.457 e. The smallest absolute Gasteiger partial charge is 0.258 e. The van der Waals surface area contributed by atoms with Crippen molar-refractivity contribution in [3.63, 3.8) is 0 Å². The van der Waals surface area contributed by atoms with Crippen LogP contribution in [0.3, 0.4) is 0 Å². The molecule has 4 N–H and O–H groups in total. The van der Waals surface area contributed by atoms with Gasteiger partial charge in [-0.05, 0) is 85.0 Å². The zero-order chi connectivity index (χ0) is 33.6. The van der Waals surface area contributed by atoms with Gasteiger partial charge in [0.15, 0.2) is 0 Å². The number of amides is 2. The Balaban J connectivity index is 1.50. The summed E-state index contributed by atoms with van der Waals surface area (Å²) in [4.78, 5) is 27.2. The van der Waals surface area contributed by atoms with E-state index >= 15 is 0 Å². The Hall–Kier alpha value is -4.82. The topological polar surface area (TPSA) is 93.5 Å². The highest BCUT2D eigenvalue weighted by Gasteiger charge is 2.24. The van der Waals surface area contributed by atoms with E-state index in [2.05, 4.69) is 10.6 Å². The van der Waals surface area contributed by atoms with Gasteiger partial charge in [0.2, 0.25) is 5.91 Å². The third kappa shape index (κ3) is 8.32. The third-order valence-electron chi connectivity index (χ3n) is 7.87. The SMILES string of the molecule is CCC(NCc1ccccc1F)C(=O)NC(=O)c1ccc(-c2ccccc2)cc1-c1ccc(Cl)cc1Oc1cccc(C(C)(C)N)c1. The molecule has 5 aromatic carbocycles. The average molecular weight is 650 g/mol. The van der Waals surface area contributed by atoms with Gasteiger partial charge in [0.25, 0.3) is 5.91 Å². The number of carbonyl (C=O) groups is 2. The predicted octanol–water partition coefficient (Wildman–Crippen LogP) is 8.62. The average Bonchev–Trinajstić information content (AvgIpc) is 3.06. The van der Waals surface area contributed by atoms with Crippen molar-refractivity contribution in [3.05, 3.63) is 143 Å². The summed E-state index contributed by atoms with van der Waals surface area (Å²) < 4.78 is 20.6. The van der Waals surface area contributed by atoms with E-state index in [4.69, 9.17) is 22.1 Å². The molecular formula is C39H37ClFN3O3. The van der Waals surface area contributed by atoms with Crippen LogP contribution in [0.5, 0.6) is 11.5 Å². The first-order chi connectivity index (χ1) is 22.5. The van der Waals surface area contributed by atoms with Gasteiger partial charge in [-0.25, -0.2) is 4.39 Å². The summed E-state index contributed by atoms with van der Waals surface area (Å²) in [6.45, 7) is 5.78. The van der Waals surface area contributed by atoms with Gasteiger partial charge in [0.05, 0.1) is 6.04 Å². The number of carbonyl (C=O) groups excluding carboxylic acids is 2. The summed E-state index contributed by atoms with van der Waals surface area (Å²) in [5.74, 6) is -0.483. The van der Waals surface area contributed by atoms with E-state index in [9.17, 15) is 14.0 Å². The van der Waals surface area contributed by atoms with Crippen molar-refractivity contribution in [2.75, 3.05) is 0 Å². The molecule has 0 aliphatic heterocycles. The van der Waals surface area contributed by atoms with E-state index < -0.39 is 23.4 Å². The summed E-state index contributed by atoms with van der Waals surface area (Å²) in [6, 6.07) is 33.6. The largest absolute Gasteiger partial charge is 0.457 e. The second-order valence-electron chi connectivity index (χ2n) is 11.9. The Kier molecular flexibility index (Phi) is 10.5. The standard InChI is InChI=1S/C39H37ClFN3O3/c1-4-35(43-24-27-13-8-9-16-34(27)41)38(46)44-37(45)32-19-17-26(25-11-6-5-7-12-25)21-33(32)31-20-18-29(40)23-36(31)47-30-15-10-14-28(22-30)39(2,3)42/h5-23,35,43H,4,24,42H2,1-3H3,(H,44,45,46). The van der Waals surface area contributed by atoms with E-state index in [1.165, 1.54) is 6.07 Å². The van der Waals surface area contributed by atoms with Gasteiger partial charge in [-0.2, -0.15) is 0 Å².